The number of rotatable bonds is 9. The maximum Gasteiger partial charge on any atom is 0.326 e. The van der Waals surface area contributed by atoms with Crippen molar-refractivity contribution >= 4 is 27.6 Å². The Morgan fingerprint density at radius 2 is 1.68 bits per heavy atom. The summed E-state index contributed by atoms with van der Waals surface area (Å²) in [7, 11) is -0.189. The Balaban J connectivity index is 2.35. The van der Waals surface area contributed by atoms with Crippen LogP contribution in [0.15, 0.2) is 47.4 Å². The van der Waals surface area contributed by atoms with Crippen LogP contribution in [0.2, 0.25) is 0 Å². The second kappa shape index (κ2) is 11.0. The standard InChI is InChI=1S/C25H35N3O5S/c1-18-9-8-10-20(15-18)26-34(31,32)21-12-11-19(2)22(16-21)24(30)28(14-13-27(6)7)17-23(29)33-25(3,4)5/h8-12,15-16,26H,13-14,17H2,1-7H3. The molecule has 8 nitrogen and oxygen atoms in total. The average Bonchev–Trinajstić information content (AvgIpc) is 2.69. The van der Waals surface area contributed by atoms with E-state index in [9.17, 15) is 18.0 Å². The van der Waals surface area contributed by atoms with Gasteiger partial charge in [-0.3, -0.25) is 14.3 Å². The molecule has 0 aliphatic heterocycles. The minimum Gasteiger partial charge on any atom is -0.459 e. The maximum absolute atomic E-state index is 13.4. The van der Waals surface area contributed by atoms with Crippen LogP contribution in [-0.4, -0.2) is 69.4 Å². The number of anilines is 1. The van der Waals surface area contributed by atoms with Crippen molar-refractivity contribution in [3.8, 4) is 0 Å². The normalized spacial score (nSPS) is 11.9. The summed E-state index contributed by atoms with van der Waals surface area (Å²) < 4.78 is 34.0. The SMILES string of the molecule is Cc1cccc(NS(=O)(=O)c2ccc(C)c(C(=O)N(CCN(C)C)CC(=O)OC(C)(C)C)c2)c1. The Labute approximate surface area is 202 Å². The first-order valence-corrected chi connectivity index (χ1v) is 12.5. The monoisotopic (exact) mass is 489 g/mol. The lowest BCUT2D eigenvalue weighted by atomic mass is 10.1. The van der Waals surface area contributed by atoms with Crippen molar-refractivity contribution in [3.05, 3.63) is 59.2 Å². The molecule has 0 aliphatic rings. The molecular weight excluding hydrogens is 454 g/mol. The average molecular weight is 490 g/mol. The van der Waals surface area contributed by atoms with Crippen LogP contribution in [0.5, 0.6) is 0 Å². The van der Waals surface area contributed by atoms with Crippen LogP contribution in [0.4, 0.5) is 5.69 Å². The Morgan fingerprint density at radius 1 is 1.00 bits per heavy atom. The summed E-state index contributed by atoms with van der Waals surface area (Å²) in [6, 6.07) is 11.4. The van der Waals surface area contributed by atoms with Crippen LogP contribution < -0.4 is 4.72 Å². The van der Waals surface area contributed by atoms with Crippen molar-refractivity contribution in [2.75, 3.05) is 38.5 Å². The summed E-state index contributed by atoms with van der Waals surface area (Å²) in [5, 5.41) is 0. The second-order valence-electron chi connectivity index (χ2n) is 9.57. The highest BCUT2D eigenvalue weighted by Crippen LogP contribution is 2.21. The molecule has 0 saturated carbocycles. The van der Waals surface area contributed by atoms with Gasteiger partial charge in [0, 0.05) is 24.3 Å². The van der Waals surface area contributed by atoms with E-state index in [1.807, 2.05) is 32.0 Å². The van der Waals surface area contributed by atoms with Crippen LogP contribution in [-0.2, 0) is 19.6 Å². The lowest BCUT2D eigenvalue weighted by Crippen LogP contribution is -2.42. The van der Waals surface area contributed by atoms with E-state index in [-0.39, 0.29) is 23.5 Å². The zero-order chi connectivity index (χ0) is 25.7. The highest BCUT2D eigenvalue weighted by molar-refractivity contribution is 7.92. The van der Waals surface area contributed by atoms with E-state index in [1.54, 1.807) is 52.0 Å². The summed E-state index contributed by atoms with van der Waals surface area (Å²) >= 11 is 0. The summed E-state index contributed by atoms with van der Waals surface area (Å²) in [6.45, 7) is 9.46. The molecule has 9 heteroatoms. The molecule has 1 N–H and O–H groups in total. The van der Waals surface area contributed by atoms with Crippen LogP contribution >= 0.6 is 0 Å². The van der Waals surface area contributed by atoms with E-state index in [1.165, 1.54) is 17.0 Å². The lowest BCUT2D eigenvalue weighted by molar-refractivity contribution is -0.155. The van der Waals surface area contributed by atoms with Gasteiger partial charge in [0.05, 0.1) is 4.90 Å². The van der Waals surface area contributed by atoms with Gasteiger partial charge >= 0.3 is 5.97 Å². The number of amides is 1. The minimum atomic E-state index is -3.92. The third kappa shape index (κ3) is 8.14. The molecule has 0 unspecified atom stereocenters. The third-order valence-electron chi connectivity index (χ3n) is 4.86. The number of nitrogens with one attached hydrogen (secondary N) is 1. The number of ether oxygens (including phenoxy) is 1. The van der Waals surface area contributed by atoms with E-state index in [0.29, 0.717) is 17.8 Å². The van der Waals surface area contributed by atoms with Gasteiger partial charge in [0.1, 0.15) is 12.1 Å². The number of hydrogen-bond acceptors (Lipinski definition) is 6. The lowest BCUT2D eigenvalue weighted by Gasteiger charge is -2.27. The molecule has 0 heterocycles. The van der Waals surface area contributed by atoms with Gasteiger partial charge in [-0.15, -0.1) is 0 Å². The van der Waals surface area contributed by atoms with E-state index in [0.717, 1.165) is 5.56 Å². The molecule has 2 rings (SSSR count). The molecule has 0 aromatic heterocycles. The Hall–Kier alpha value is -2.91. The molecule has 0 bridgehead atoms. The van der Waals surface area contributed by atoms with Gasteiger partial charge in [0.15, 0.2) is 0 Å². The van der Waals surface area contributed by atoms with Gasteiger partial charge in [-0.05, 0) is 84.1 Å². The Kier molecular flexibility index (Phi) is 8.85. The van der Waals surface area contributed by atoms with Gasteiger partial charge in [-0.25, -0.2) is 8.42 Å². The van der Waals surface area contributed by atoms with Crippen molar-refractivity contribution in [1.82, 2.24) is 9.80 Å². The van der Waals surface area contributed by atoms with E-state index >= 15 is 0 Å². The zero-order valence-corrected chi connectivity index (χ0v) is 21.8. The number of hydrogen-bond donors (Lipinski definition) is 1. The summed E-state index contributed by atoms with van der Waals surface area (Å²) in [6.07, 6.45) is 0. The molecule has 2 aromatic rings. The summed E-state index contributed by atoms with van der Waals surface area (Å²) in [5.41, 5.74) is 1.50. The highest BCUT2D eigenvalue weighted by atomic mass is 32.2. The van der Waals surface area contributed by atoms with E-state index in [4.69, 9.17) is 4.74 Å². The molecule has 34 heavy (non-hydrogen) atoms. The molecule has 0 fully saturated rings. The van der Waals surface area contributed by atoms with Gasteiger partial charge in [0.2, 0.25) is 0 Å². The maximum atomic E-state index is 13.4. The number of carbonyl (C=O) groups excluding carboxylic acids is 2. The topological polar surface area (TPSA) is 96.0 Å². The minimum absolute atomic E-state index is 0.0345. The molecule has 186 valence electrons. The van der Waals surface area contributed by atoms with Crippen molar-refractivity contribution in [3.63, 3.8) is 0 Å². The fourth-order valence-corrected chi connectivity index (χ4v) is 4.27. The number of sulfonamides is 1. The highest BCUT2D eigenvalue weighted by Gasteiger charge is 2.25. The van der Waals surface area contributed by atoms with Crippen molar-refractivity contribution in [1.29, 1.82) is 0 Å². The van der Waals surface area contributed by atoms with Crippen molar-refractivity contribution in [2.45, 2.75) is 45.1 Å². The molecular formula is C25H35N3O5S. The molecule has 0 spiro atoms. The number of esters is 1. The smallest absolute Gasteiger partial charge is 0.326 e. The van der Waals surface area contributed by atoms with Crippen LogP contribution in [0.25, 0.3) is 0 Å². The Bertz CT molecular complexity index is 1140. The van der Waals surface area contributed by atoms with Gasteiger partial charge in [-0.1, -0.05) is 18.2 Å². The molecule has 1 amide bonds. The van der Waals surface area contributed by atoms with Gasteiger partial charge in [0.25, 0.3) is 15.9 Å². The number of benzene rings is 2. The Morgan fingerprint density at radius 3 is 2.26 bits per heavy atom. The number of aryl methyl sites for hydroxylation is 2. The fraction of sp³-hybridized carbons (Fsp3) is 0.440. The number of carbonyl (C=O) groups is 2. The molecule has 0 aliphatic carbocycles. The predicted molar refractivity (Wildman–Crippen MR) is 133 cm³/mol. The predicted octanol–water partition coefficient (Wildman–Crippen LogP) is 3.45. The zero-order valence-electron chi connectivity index (χ0n) is 21.0. The summed E-state index contributed by atoms with van der Waals surface area (Å²) in [4.78, 5) is 29.2. The van der Waals surface area contributed by atoms with Gasteiger partial charge < -0.3 is 14.5 Å². The summed E-state index contributed by atoms with van der Waals surface area (Å²) in [5.74, 6) is -0.958. The van der Waals surface area contributed by atoms with Gasteiger partial charge in [-0.2, -0.15) is 0 Å². The van der Waals surface area contributed by atoms with Crippen molar-refractivity contribution < 1.29 is 22.7 Å². The number of nitrogens with zero attached hydrogens (tertiary/aromatic N) is 2. The first-order chi connectivity index (χ1) is 15.7. The van der Waals surface area contributed by atoms with E-state index < -0.39 is 27.5 Å². The van der Waals surface area contributed by atoms with Crippen molar-refractivity contribution in [2.24, 2.45) is 0 Å². The molecule has 2 aromatic carbocycles. The van der Waals surface area contributed by atoms with E-state index in [2.05, 4.69) is 4.72 Å². The fourth-order valence-electron chi connectivity index (χ4n) is 3.19. The quantitative estimate of drug-likeness (QED) is 0.542. The first kappa shape index (κ1) is 27.3. The number of likely N-dealkylation sites (N-methyl/N-ethyl adjacent to an activating group) is 1. The van der Waals surface area contributed by atoms with Crippen LogP contribution in [0.3, 0.4) is 0 Å². The largest absolute Gasteiger partial charge is 0.459 e. The first-order valence-electron chi connectivity index (χ1n) is 11.0. The molecule has 0 saturated heterocycles. The van der Waals surface area contributed by atoms with Crippen LogP contribution in [0, 0.1) is 13.8 Å². The molecule has 0 radical (unpaired) electrons. The van der Waals surface area contributed by atoms with Crippen LogP contribution in [0.1, 0.15) is 42.3 Å². The third-order valence-corrected chi connectivity index (χ3v) is 6.24. The second-order valence-corrected chi connectivity index (χ2v) is 11.3. The molecule has 0 atom stereocenters.